The smallest absolute Gasteiger partial charge is 0.256 e. The number of benzene rings is 1. The lowest BCUT2D eigenvalue weighted by Crippen LogP contribution is -2.38. The Hall–Kier alpha value is -2.05. The van der Waals surface area contributed by atoms with Gasteiger partial charge in [0, 0.05) is 14.9 Å². The molecule has 1 aromatic carbocycles. The van der Waals surface area contributed by atoms with Gasteiger partial charge < -0.3 is 15.1 Å². The van der Waals surface area contributed by atoms with Crippen molar-refractivity contribution < 1.29 is 9.21 Å². The fraction of sp³-hybridized carbons (Fsp3) is 0.375. The molecule has 0 unspecified atom stereocenters. The van der Waals surface area contributed by atoms with Crippen LogP contribution >= 0.6 is 27.3 Å². The van der Waals surface area contributed by atoms with Crippen LogP contribution in [0.25, 0.3) is 11.3 Å². The van der Waals surface area contributed by atoms with Gasteiger partial charge in [-0.25, -0.2) is 0 Å². The van der Waals surface area contributed by atoms with Gasteiger partial charge in [-0.15, -0.1) is 11.3 Å². The molecule has 1 aliphatic heterocycles. The van der Waals surface area contributed by atoms with E-state index in [4.69, 9.17) is 4.42 Å². The standard InChI is InChI=1S/C24H25BrN2O2S/c1-24(2,3)14-6-9-16-19(12-14)30-23-20(16)22(28)26-21(27-23)18-11-10-17(29-18)13-4-7-15(25)8-5-13/h4-5,7-8,10-11,14,21,27H,6,9,12H2,1-3H3,(H,26,28)/t14-,21+/m1/s1. The number of furan rings is 1. The first-order valence-corrected chi connectivity index (χ1v) is 12.0. The van der Waals surface area contributed by atoms with Crippen molar-refractivity contribution in [2.24, 2.45) is 11.3 Å². The Kier molecular flexibility index (Phi) is 4.82. The highest BCUT2D eigenvalue weighted by molar-refractivity contribution is 9.10. The summed E-state index contributed by atoms with van der Waals surface area (Å²) in [6.45, 7) is 6.95. The summed E-state index contributed by atoms with van der Waals surface area (Å²) in [6, 6.07) is 11.9. The number of hydrogen-bond donors (Lipinski definition) is 2. The molecule has 0 spiro atoms. The summed E-state index contributed by atoms with van der Waals surface area (Å²) >= 11 is 5.20. The van der Waals surface area contributed by atoms with Crippen molar-refractivity contribution in [1.29, 1.82) is 0 Å². The van der Waals surface area contributed by atoms with Crippen molar-refractivity contribution >= 4 is 38.2 Å². The third-order valence-electron chi connectivity index (χ3n) is 6.31. The molecule has 0 radical (unpaired) electrons. The zero-order valence-corrected chi connectivity index (χ0v) is 19.7. The summed E-state index contributed by atoms with van der Waals surface area (Å²) in [5, 5.41) is 7.59. The van der Waals surface area contributed by atoms with E-state index in [-0.39, 0.29) is 17.5 Å². The number of nitrogens with one attached hydrogen (secondary N) is 2. The summed E-state index contributed by atoms with van der Waals surface area (Å²) in [6.07, 6.45) is 2.83. The molecule has 2 aromatic heterocycles. The molecule has 30 heavy (non-hydrogen) atoms. The fourth-order valence-corrected chi connectivity index (χ4v) is 6.07. The second kappa shape index (κ2) is 7.27. The predicted molar refractivity (Wildman–Crippen MR) is 125 cm³/mol. The Bertz CT molecular complexity index is 1110. The van der Waals surface area contributed by atoms with Crippen molar-refractivity contribution in [1.82, 2.24) is 5.32 Å². The molecule has 1 amide bonds. The van der Waals surface area contributed by atoms with Gasteiger partial charge in [-0.1, -0.05) is 48.8 Å². The number of halogens is 1. The van der Waals surface area contributed by atoms with E-state index in [1.807, 2.05) is 36.4 Å². The van der Waals surface area contributed by atoms with Crippen LogP contribution in [0.5, 0.6) is 0 Å². The van der Waals surface area contributed by atoms with Gasteiger partial charge in [0.25, 0.3) is 5.91 Å². The van der Waals surface area contributed by atoms with Gasteiger partial charge in [-0.2, -0.15) is 0 Å². The van der Waals surface area contributed by atoms with Crippen LogP contribution < -0.4 is 10.6 Å². The maximum Gasteiger partial charge on any atom is 0.256 e. The Balaban J connectivity index is 1.41. The zero-order valence-electron chi connectivity index (χ0n) is 17.3. The third kappa shape index (κ3) is 3.50. The van der Waals surface area contributed by atoms with Crippen molar-refractivity contribution in [3.63, 3.8) is 0 Å². The van der Waals surface area contributed by atoms with Crippen molar-refractivity contribution in [3.8, 4) is 11.3 Å². The van der Waals surface area contributed by atoms with E-state index in [0.29, 0.717) is 11.7 Å². The van der Waals surface area contributed by atoms with E-state index in [1.54, 1.807) is 11.3 Å². The maximum absolute atomic E-state index is 13.0. The Morgan fingerprint density at radius 1 is 1.10 bits per heavy atom. The maximum atomic E-state index is 13.0. The highest BCUT2D eigenvalue weighted by Gasteiger charge is 2.37. The number of fused-ring (bicyclic) bond motifs is 3. The summed E-state index contributed by atoms with van der Waals surface area (Å²) in [4.78, 5) is 14.4. The van der Waals surface area contributed by atoms with Crippen LogP contribution in [0.4, 0.5) is 5.00 Å². The van der Waals surface area contributed by atoms with Gasteiger partial charge in [-0.3, -0.25) is 4.79 Å². The van der Waals surface area contributed by atoms with Crippen LogP contribution in [0.2, 0.25) is 0 Å². The van der Waals surface area contributed by atoms with E-state index in [1.165, 1.54) is 10.4 Å². The second-order valence-corrected chi connectivity index (χ2v) is 11.3. The zero-order chi connectivity index (χ0) is 21.0. The van der Waals surface area contributed by atoms with Gasteiger partial charge in [0.15, 0.2) is 6.17 Å². The van der Waals surface area contributed by atoms with Gasteiger partial charge in [0.1, 0.15) is 16.5 Å². The van der Waals surface area contributed by atoms with Crippen molar-refractivity contribution in [2.75, 3.05) is 5.32 Å². The molecule has 3 aromatic rings. The molecule has 0 saturated carbocycles. The SMILES string of the molecule is CC(C)(C)[C@@H]1CCc2c(sc3c2C(=O)N[C@H](c2ccc(-c4ccc(Br)cc4)o2)N3)C1. The van der Waals surface area contributed by atoms with Crippen molar-refractivity contribution in [2.45, 2.75) is 46.2 Å². The van der Waals surface area contributed by atoms with Crippen LogP contribution in [0.1, 0.15) is 59.9 Å². The first-order chi connectivity index (χ1) is 14.3. The number of carbonyl (C=O) groups is 1. The molecule has 2 atom stereocenters. The average molecular weight is 485 g/mol. The largest absolute Gasteiger partial charge is 0.457 e. The van der Waals surface area contributed by atoms with Gasteiger partial charge >= 0.3 is 0 Å². The molecule has 4 nitrogen and oxygen atoms in total. The summed E-state index contributed by atoms with van der Waals surface area (Å²) in [5.74, 6) is 2.16. The molecule has 3 heterocycles. The molecule has 0 bridgehead atoms. The topological polar surface area (TPSA) is 54.3 Å². The van der Waals surface area contributed by atoms with Crippen LogP contribution in [0.3, 0.4) is 0 Å². The van der Waals surface area contributed by atoms with Gasteiger partial charge in [0.2, 0.25) is 0 Å². The Labute approximate surface area is 189 Å². The van der Waals surface area contributed by atoms with Crippen LogP contribution in [0.15, 0.2) is 45.3 Å². The van der Waals surface area contributed by atoms with Crippen LogP contribution in [0, 0.1) is 11.3 Å². The first-order valence-electron chi connectivity index (χ1n) is 10.4. The Morgan fingerprint density at radius 3 is 2.60 bits per heavy atom. The van der Waals surface area contributed by atoms with Gasteiger partial charge in [-0.05, 0) is 60.4 Å². The minimum atomic E-state index is -0.354. The van der Waals surface area contributed by atoms with E-state index in [9.17, 15) is 4.79 Å². The monoisotopic (exact) mass is 484 g/mol. The van der Waals surface area contributed by atoms with Gasteiger partial charge in [0.05, 0.1) is 5.56 Å². The quantitative estimate of drug-likeness (QED) is 0.421. The lowest BCUT2D eigenvalue weighted by atomic mass is 9.72. The van der Waals surface area contributed by atoms with E-state index in [0.717, 1.165) is 45.6 Å². The first kappa shape index (κ1) is 19.9. The number of hydrogen-bond acceptors (Lipinski definition) is 4. The molecule has 2 N–H and O–H groups in total. The number of amides is 1. The molecule has 1 aliphatic carbocycles. The number of thiophene rings is 1. The second-order valence-electron chi connectivity index (χ2n) is 9.27. The number of anilines is 1. The highest BCUT2D eigenvalue weighted by atomic mass is 79.9. The molecule has 0 fully saturated rings. The summed E-state index contributed by atoms with van der Waals surface area (Å²) in [5.41, 5.74) is 3.39. The Morgan fingerprint density at radius 2 is 1.87 bits per heavy atom. The van der Waals surface area contributed by atoms with Crippen molar-refractivity contribution in [3.05, 3.63) is 62.6 Å². The molecular formula is C24H25BrN2O2S. The van der Waals surface area contributed by atoms with E-state index >= 15 is 0 Å². The molecule has 2 aliphatic rings. The normalized spacial score (nSPS) is 20.9. The number of rotatable bonds is 2. The van der Waals surface area contributed by atoms with Crippen LogP contribution in [-0.2, 0) is 12.8 Å². The summed E-state index contributed by atoms with van der Waals surface area (Å²) < 4.78 is 7.12. The van der Waals surface area contributed by atoms with E-state index in [2.05, 4.69) is 47.3 Å². The molecule has 6 heteroatoms. The predicted octanol–water partition coefficient (Wildman–Crippen LogP) is 6.78. The third-order valence-corrected chi connectivity index (χ3v) is 8.02. The van der Waals surface area contributed by atoms with Crippen LogP contribution in [-0.4, -0.2) is 5.91 Å². The molecule has 5 rings (SSSR count). The molecule has 0 saturated heterocycles. The average Bonchev–Trinajstić information content (AvgIpc) is 3.32. The lowest BCUT2D eigenvalue weighted by Gasteiger charge is -2.34. The lowest BCUT2D eigenvalue weighted by molar-refractivity contribution is 0.0930. The molecule has 156 valence electrons. The van der Waals surface area contributed by atoms with E-state index < -0.39 is 0 Å². The highest BCUT2D eigenvalue weighted by Crippen LogP contribution is 2.46. The fourth-order valence-electron chi connectivity index (χ4n) is 4.46. The minimum Gasteiger partial charge on any atom is -0.457 e. The minimum absolute atomic E-state index is 0.00190. The summed E-state index contributed by atoms with van der Waals surface area (Å²) in [7, 11) is 0. The number of carbonyl (C=O) groups excluding carboxylic acids is 1. The molecular weight excluding hydrogens is 460 g/mol.